The Morgan fingerprint density at radius 1 is 1.04 bits per heavy atom. The molecule has 2 N–H and O–H groups in total. The first-order chi connectivity index (χ1) is 11.3. The second-order valence-electron chi connectivity index (χ2n) is 4.96. The van der Waals surface area contributed by atoms with Gasteiger partial charge in [-0.3, -0.25) is 0 Å². The Balaban J connectivity index is 1.89. The quantitative estimate of drug-likeness (QED) is 0.734. The molecule has 1 heterocycles. The van der Waals surface area contributed by atoms with Crippen molar-refractivity contribution in [2.75, 3.05) is 37.9 Å². The number of hydrogen-bond acceptors (Lipinski definition) is 7. The van der Waals surface area contributed by atoms with Crippen molar-refractivity contribution in [1.29, 1.82) is 0 Å². The predicted molar refractivity (Wildman–Crippen MR) is 90.3 cm³/mol. The number of aromatic nitrogens is 3. The number of benzene rings is 1. The Kier molecular flexibility index (Phi) is 6.40. The van der Waals surface area contributed by atoms with Gasteiger partial charge in [0.2, 0.25) is 5.95 Å². The molecule has 7 heteroatoms. The molecule has 0 atom stereocenters. The average Bonchev–Trinajstić information content (AvgIpc) is 2.60. The van der Waals surface area contributed by atoms with Crippen LogP contribution in [-0.4, -0.2) is 42.5 Å². The summed E-state index contributed by atoms with van der Waals surface area (Å²) in [7, 11) is 3.26. The molecule has 7 nitrogen and oxygen atoms in total. The van der Waals surface area contributed by atoms with E-state index < -0.39 is 0 Å². The summed E-state index contributed by atoms with van der Waals surface area (Å²) in [5, 5.41) is 14.3. The molecule has 0 unspecified atom stereocenters. The highest BCUT2D eigenvalue weighted by Crippen LogP contribution is 2.27. The molecule has 0 fully saturated rings. The second-order valence-corrected chi connectivity index (χ2v) is 4.96. The third-order valence-corrected chi connectivity index (χ3v) is 3.26. The maximum atomic E-state index is 5.31. The van der Waals surface area contributed by atoms with E-state index in [-0.39, 0.29) is 0 Å². The number of hydrogen-bond donors (Lipinski definition) is 2. The van der Waals surface area contributed by atoms with E-state index >= 15 is 0 Å². The van der Waals surface area contributed by atoms with Gasteiger partial charge >= 0.3 is 0 Å². The smallest absolute Gasteiger partial charge is 0.244 e. The van der Waals surface area contributed by atoms with E-state index in [2.05, 4.69) is 32.7 Å². The minimum absolute atomic E-state index is 0.520. The van der Waals surface area contributed by atoms with Crippen LogP contribution in [0.4, 0.5) is 11.8 Å². The van der Waals surface area contributed by atoms with Crippen molar-refractivity contribution >= 4 is 11.8 Å². The standard InChI is InChI=1S/C16H23N5O2/c1-4-8-17-15-11-19-21-16(20-15)18-9-7-12-5-6-13(22-2)14(10-12)23-3/h5-6,10-11H,4,7-9H2,1-3H3,(H2,17,18,20,21). The third kappa shape index (κ3) is 4.98. The normalized spacial score (nSPS) is 10.2. The first kappa shape index (κ1) is 16.8. The zero-order valence-electron chi connectivity index (χ0n) is 13.8. The van der Waals surface area contributed by atoms with Gasteiger partial charge in [0.15, 0.2) is 11.5 Å². The van der Waals surface area contributed by atoms with Gasteiger partial charge in [-0.1, -0.05) is 13.0 Å². The molecule has 0 amide bonds. The minimum atomic E-state index is 0.520. The molecule has 0 aliphatic rings. The second kappa shape index (κ2) is 8.77. The van der Waals surface area contributed by atoms with Gasteiger partial charge in [0, 0.05) is 13.1 Å². The van der Waals surface area contributed by atoms with Crippen molar-refractivity contribution in [3.63, 3.8) is 0 Å². The zero-order chi connectivity index (χ0) is 16.5. The highest BCUT2D eigenvalue weighted by molar-refractivity contribution is 5.43. The van der Waals surface area contributed by atoms with Gasteiger partial charge < -0.3 is 20.1 Å². The first-order valence-corrected chi connectivity index (χ1v) is 7.65. The third-order valence-electron chi connectivity index (χ3n) is 3.26. The summed E-state index contributed by atoms with van der Waals surface area (Å²) in [4.78, 5) is 4.36. The molecule has 23 heavy (non-hydrogen) atoms. The summed E-state index contributed by atoms with van der Waals surface area (Å²) in [6.45, 7) is 3.67. The summed E-state index contributed by atoms with van der Waals surface area (Å²) in [6, 6.07) is 5.89. The number of anilines is 2. The van der Waals surface area contributed by atoms with E-state index in [0.717, 1.165) is 42.3 Å². The van der Waals surface area contributed by atoms with Crippen molar-refractivity contribution in [3.8, 4) is 11.5 Å². The van der Waals surface area contributed by atoms with Gasteiger partial charge in [0.05, 0.1) is 20.4 Å². The predicted octanol–water partition coefficient (Wildman–Crippen LogP) is 2.37. The lowest BCUT2D eigenvalue weighted by atomic mass is 10.1. The van der Waals surface area contributed by atoms with Crippen LogP contribution in [-0.2, 0) is 6.42 Å². The summed E-state index contributed by atoms with van der Waals surface area (Å²) >= 11 is 0. The van der Waals surface area contributed by atoms with E-state index in [1.807, 2.05) is 18.2 Å². The van der Waals surface area contributed by atoms with Crippen LogP contribution < -0.4 is 20.1 Å². The molecule has 2 aromatic rings. The molecule has 0 aliphatic heterocycles. The molecule has 0 saturated heterocycles. The first-order valence-electron chi connectivity index (χ1n) is 7.65. The Morgan fingerprint density at radius 2 is 1.87 bits per heavy atom. The highest BCUT2D eigenvalue weighted by Gasteiger charge is 2.05. The lowest BCUT2D eigenvalue weighted by Crippen LogP contribution is -2.11. The SMILES string of the molecule is CCCNc1cnnc(NCCc2ccc(OC)c(OC)c2)n1. The molecule has 2 rings (SSSR count). The van der Waals surface area contributed by atoms with E-state index in [4.69, 9.17) is 9.47 Å². The molecule has 0 aliphatic carbocycles. The van der Waals surface area contributed by atoms with Gasteiger partial charge in [-0.2, -0.15) is 10.1 Å². The fraction of sp³-hybridized carbons (Fsp3) is 0.438. The lowest BCUT2D eigenvalue weighted by molar-refractivity contribution is 0.354. The topological polar surface area (TPSA) is 81.2 Å². The van der Waals surface area contributed by atoms with Crippen LogP contribution >= 0.6 is 0 Å². The van der Waals surface area contributed by atoms with Crippen molar-refractivity contribution in [2.45, 2.75) is 19.8 Å². The molecule has 0 saturated carbocycles. The summed E-state index contributed by atoms with van der Waals surface area (Å²) in [6.07, 6.45) is 3.47. The molecule has 1 aromatic carbocycles. The maximum absolute atomic E-state index is 5.31. The molecule has 0 bridgehead atoms. The fourth-order valence-electron chi connectivity index (χ4n) is 2.07. The maximum Gasteiger partial charge on any atom is 0.244 e. The zero-order valence-corrected chi connectivity index (χ0v) is 13.8. The van der Waals surface area contributed by atoms with Crippen LogP contribution in [0.5, 0.6) is 11.5 Å². The summed E-state index contributed by atoms with van der Waals surface area (Å²) in [5.74, 6) is 2.71. The number of rotatable bonds is 9. The monoisotopic (exact) mass is 317 g/mol. The van der Waals surface area contributed by atoms with Gasteiger partial charge in [-0.05, 0) is 30.5 Å². The Labute approximate surface area is 136 Å². The Hall–Kier alpha value is -2.57. The largest absolute Gasteiger partial charge is 0.493 e. The van der Waals surface area contributed by atoms with Crippen molar-refractivity contribution in [2.24, 2.45) is 0 Å². The van der Waals surface area contributed by atoms with Gasteiger partial charge in [0.25, 0.3) is 0 Å². The van der Waals surface area contributed by atoms with Crippen LogP contribution in [0.2, 0.25) is 0 Å². The van der Waals surface area contributed by atoms with E-state index in [0.29, 0.717) is 12.5 Å². The van der Waals surface area contributed by atoms with Crippen LogP contribution in [0.25, 0.3) is 0 Å². The van der Waals surface area contributed by atoms with Crippen molar-refractivity contribution < 1.29 is 9.47 Å². The van der Waals surface area contributed by atoms with Crippen LogP contribution in [0, 0.1) is 0 Å². The van der Waals surface area contributed by atoms with Crippen LogP contribution in [0.3, 0.4) is 0 Å². The van der Waals surface area contributed by atoms with Crippen molar-refractivity contribution in [1.82, 2.24) is 15.2 Å². The van der Waals surface area contributed by atoms with Crippen molar-refractivity contribution in [3.05, 3.63) is 30.0 Å². The number of nitrogens with one attached hydrogen (secondary N) is 2. The molecular formula is C16H23N5O2. The summed E-state index contributed by atoms with van der Waals surface area (Å²) in [5.41, 5.74) is 1.14. The molecule has 0 radical (unpaired) electrons. The molecule has 0 spiro atoms. The Morgan fingerprint density at radius 3 is 2.61 bits per heavy atom. The lowest BCUT2D eigenvalue weighted by Gasteiger charge is -2.10. The van der Waals surface area contributed by atoms with Crippen LogP contribution in [0.1, 0.15) is 18.9 Å². The molecule has 124 valence electrons. The van der Waals surface area contributed by atoms with E-state index in [1.165, 1.54) is 0 Å². The van der Waals surface area contributed by atoms with Gasteiger partial charge in [0.1, 0.15) is 5.82 Å². The van der Waals surface area contributed by atoms with Gasteiger partial charge in [-0.25, -0.2) is 0 Å². The van der Waals surface area contributed by atoms with E-state index in [9.17, 15) is 0 Å². The average molecular weight is 317 g/mol. The van der Waals surface area contributed by atoms with Gasteiger partial charge in [-0.15, -0.1) is 5.10 Å². The number of methoxy groups -OCH3 is 2. The molecular weight excluding hydrogens is 294 g/mol. The highest BCUT2D eigenvalue weighted by atomic mass is 16.5. The minimum Gasteiger partial charge on any atom is -0.493 e. The summed E-state index contributed by atoms with van der Waals surface area (Å²) < 4.78 is 10.5. The van der Waals surface area contributed by atoms with Crippen LogP contribution in [0.15, 0.2) is 24.4 Å². The van der Waals surface area contributed by atoms with E-state index in [1.54, 1.807) is 20.4 Å². The number of ether oxygens (including phenoxy) is 2. The molecule has 1 aromatic heterocycles. The number of nitrogens with zero attached hydrogens (tertiary/aromatic N) is 3. The Bertz CT molecular complexity index is 621. The fourth-order valence-corrected chi connectivity index (χ4v) is 2.07.